The summed E-state index contributed by atoms with van der Waals surface area (Å²) < 4.78 is 7.07. The van der Waals surface area contributed by atoms with Crippen LogP contribution in [0.25, 0.3) is 11.2 Å². The number of nitrogens with zero attached hydrogens (tertiary/aromatic N) is 3. The lowest BCUT2D eigenvalue weighted by atomic mass is 10.3. The van der Waals surface area contributed by atoms with Crippen molar-refractivity contribution in [1.29, 1.82) is 0 Å². The van der Waals surface area contributed by atoms with E-state index in [1.807, 2.05) is 10.6 Å². The molecule has 3 aromatic rings. The van der Waals surface area contributed by atoms with Crippen LogP contribution in [0.1, 0.15) is 10.4 Å². The summed E-state index contributed by atoms with van der Waals surface area (Å²) in [5.74, 6) is 1.04. The van der Waals surface area contributed by atoms with Crippen LogP contribution in [0.3, 0.4) is 0 Å². The minimum atomic E-state index is 0.476. The standard InChI is InChI=1S/C13H14N4OS/c1-8-5-6-19-10(8)7-17-12-9(15-13(17)14)3-4-11(16-12)18-2/h3-6H,7H2,1-2H3,(H2,14,15). The average molecular weight is 274 g/mol. The fourth-order valence-corrected chi connectivity index (χ4v) is 2.88. The van der Waals surface area contributed by atoms with Gasteiger partial charge in [-0.2, -0.15) is 4.98 Å². The smallest absolute Gasteiger partial charge is 0.215 e. The predicted octanol–water partition coefficient (Wildman–Crippen LogP) is 2.44. The van der Waals surface area contributed by atoms with E-state index in [4.69, 9.17) is 10.5 Å². The Morgan fingerprint density at radius 1 is 1.32 bits per heavy atom. The molecule has 0 aliphatic heterocycles. The Morgan fingerprint density at radius 3 is 2.84 bits per heavy atom. The zero-order valence-corrected chi connectivity index (χ0v) is 11.6. The number of imidazole rings is 1. The van der Waals surface area contributed by atoms with Gasteiger partial charge in [-0.1, -0.05) is 0 Å². The fraction of sp³-hybridized carbons (Fsp3) is 0.231. The first-order valence-electron chi connectivity index (χ1n) is 5.88. The number of thiophene rings is 1. The number of rotatable bonds is 3. The highest BCUT2D eigenvalue weighted by atomic mass is 32.1. The minimum absolute atomic E-state index is 0.476. The first-order chi connectivity index (χ1) is 9.19. The van der Waals surface area contributed by atoms with Gasteiger partial charge in [0.05, 0.1) is 13.7 Å². The van der Waals surface area contributed by atoms with Crippen molar-refractivity contribution < 1.29 is 4.74 Å². The molecule has 3 rings (SSSR count). The Bertz CT molecular complexity index is 731. The van der Waals surface area contributed by atoms with E-state index in [2.05, 4.69) is 28.3 Å². The molecule has 3 heterocycles. The molecule has 0 unspecified atom stereocenters. The first-order valence-corrected chi connectivity index (χ1v) is 6.76. The molecule has 0 bridgehead atoms. The number of fused-ring (bicyclic) bond motifs is 1. The van der Waals surface area contributed by atoms with E-state index in [9.17, 15) is 0 Å². The van der Waals surface area contributed by atoms with E-state index >= 15 is 0 Å². The van der Waals surface area contributed by atoms with Gasteiger partial charge in [-0.15, -0.1) is 11.3 Å². The number of nitrogen functional groups attached to an aromatic ring is 1. The highest BCUT2D eigenvalue weighted by Gasteiger charge is 2.12. The number of methoxy groups -OCH3 is 1. The number of aromatic nitrogens is 3. The summed E-state index contributed by atoms with van der Waals surface area (Å²) in [6, 6.07) is 5.76. The lowest BCUT2D eigenvalue weighted by Gasteiger charge is -2.06. The molecule has 2 N–H and O–H groups in total. The summed E-state index contributed by atoms with van der Waals surface area (Å²) in [6.07, 6.45) is 0. The zero-order chi connectivity index (χ0) is 13.4. The summed E-state index contributed by atoms with van der Waals surface area (Å²) in [5.41, 5.74) is 8.78. The van der Waals surface area contributed by atoms with Crippen LogP contribution in [0.15, 0.2) is 23.6 Å². The largest absolute Gasteiger partial charge is 0.481 e. The van der Waals surface area contributed by atoms with Crippen molar-refractivity contribution >= 4 is 28.4 Å². The van der Waals surface area contributed by atoms with Gasteiger partial charge in [0.15, 0.2) is 5.65 Å². The fourth-order valence-electron chi connectivity index (χ4n) is 1.98. The third-order valence-corrected chi connectivity index (χ3v) is 4.08. The van der Waals surface area contributed by atoms with Gasteiger partial charge >= 0.3 is 0 Å². The molecule has 0 radical (unpaired) electrons. The van der Waals surface area contributed by atoms with E-state index in [0.29, 0.717) is 18.4 Å². The Kier molecular flexibility index (Phi) is 2.87. The third-order valence-electron chi connectivity index (χ3n) is 3.08. The summed E-state index contributed by atoms with van der Waals surface area (Å²) in [6.45, 7) is 2.78. The third kappa shape index (κ3) is 2.04. The molecule has 0 saturated heterocycles. The van der Waals surface area contributed by atoms with Gasteiger partial charge in [0.25, 0.3) is 0 Å². The van der Waals surface area contributed by atoms with Crippen molar-refractivity contribution in [2.75, 3.05) is 12.8 Å². The monoisotopic (exact) mass is 274 g/mol. The van der Waals surface area contributed by atoms with Crippen LogP contribution in [0.2, 0.25) is 0 Å². The van der Waals surface area contributed by atoms with Crippen LogP contribution in [-0.2, 0) is 6.54 Å². The summed E-state index contributed by atoms with van der Waals surface area (Å²) in [4.78, 5) is 10.0. The van der Waals surface area contributed by atoms with Gasteiger partial charge in [0.1, 0.15) is 5.52 Å². The molecular weight excluding hydrogens is 260 g/mol. The molecule has 0 aliphatic carbocycles. The molecule has 0 saturated carbocycles. The topological polar surface area (TPSA) is 66.0 Å². The summed E-state index contributed by atoms with van der Waals surface area (Å²) in [7, 11) is 1.60. The van der Waals surface area contributed by atoms with Crippen molar-refractivity contribution in [2.24, 2.45) is 0 Å². The number of hydrogen-bond donors (Lipinski definition) is 1. The van der Waals surface area contributed by atoms with E-state index in [-0.39, 0.29) is 0 Å². The molecule has 0 aromatic carbocycles. The number of ether oxygens (including phenoxy) is 1. The quantitative estimate of drug-likeness (QED) is 0.796. The van der Waals surface area contributed by atoms with Gasteiger partial charge < -0.3 is 10.5 Å². The highest BCUT2D eigenvalue weighted by molar-refractivity contribution is 7.10. The molecule has 3 aromatic heterocycles. The van der Waals surface area contributed by atoms with Crippen LogP contribution in [0.5, 0.6) is 5.88 Å². The van der Waals surface area contributed by atoms with Crippen LogP contribution in [0, 0.1) is 6.92 Å². The van der Waals surface area contributed by atoms with Crippen molar-refractivity contribution in [2.45, 2.75) is 13.5 Å². The lowest BCUT2D eigenvalue weighted by Crippen LogP contribution is -2.05. The number of aryl methyl sites for hydroxylation is 1. The van der Waals surface area contributed by atoms with Gasteiger partial charge in [-0.05, 0) is 30.0 Å². The van der Waals surface area contributed by atoms with Crippen LogP contribution < -0.4 is 10.5 Å². The van der Waals surface area contributed by atoms with Gasteiger partial charge in [0, 0.05) is 10.9 Å². The molecule has 0 atom stereocenters. The predicted molar refractivity (Wildman–Crippen MR) is 76.7 cm³/mol. The van der Waals surface area contributed by atoms with E-state index in [1.165, 1.54) is 10.4 Å². The number of nitrogens with two attached hydrogens (primary N) is 1. The lowest BCUT2D eigenvalue weighted by molar-refractivity contribution is 0.399. The molecule has 98 valence electrons. The van der Waals surface area contributed by atoms with E-state index in [1.54, 1.807) is 24.5 Å². The Hall–Kier alpha value is -2.08. The molecule has 0 spiro atoms. The van der Waals surface area contributed by atoms with Crippen LogP contribution >= 0.6 is 11.3 Å². The van der Waals surface area contributed by atoms with Crippen molar-refractivity contribution in [3.8, 4) is 5.88 Å². The Morgan fingerprint density at radius 2 is 2.16 bits per heavy atom. The Balaban J connectivity index is 2.11. The van der Waals surface area contributed by atoms with E-state index in [0.717, 1.165) is 11.2 Å². The number of pyridine rings is 1. The van der Waals surface area contributed by atoms with Crippen molar-refractivity contribution in [3.63, 3.8) is 0 Å². The zero-order valence-electron chi connectivity index (χ0n) is 10.8. The normalized spacial score (nSPS) is 11.1. The summed E-state index contributed by atoms with van der Waals surface area (Å²) in [5, 5.41) is 2.08. The van der Waals surface area contributed by atoms with Crippen LogP contribution in [-0.4, -0.2) is 21.6 Å². The molecule has 19 heavy (non-hydrogen) atoms. The molecule has 0 fully saturated rings. The maximum Gasteiger partial charge on any atom is 0.215 e. The molecular formula is C13H14N4OS. The first kappa shape index (κ1) is 12.0. The second-order valence-electron chi connectivity index (χ2n) is 4.28. The number of anilines is 1. The molecule has 0 amide bonds. The average Bonchev–Trinajstić information content (AvgIpc) is 2.94. The maximum atomic E-state index is 5.99. The highest BCUT2D eigenvalue weighted by Crippen LogP contribution is 2.23. The van der Waals surface area contributed by atoms with Gasteiger partial charge in [-0.3, -0.25) is 4.57 Å². The second-order valence-corrected chi connectivity index (χ2v) is 5.28. The Labute approximate surface area is 114 Å². The SMILES string of the molecule is COc1ccc2nc(N)n(Cc3sccc3C)c2n1. The van der Waals surface area contributed by atoms with Crippen molar-refractivity contribution in [3.05, 3.63) is 34.0 Å². The molecule has 6 heteroatoms. The number of hydrogen-bond acceptors (Lipinski definition) is 5. The van der Waals surface area contributed by atoms with Crippen LogP contribution in [0.4, 0.5) is 5.95 Å². The van der Waals surface area contributed by atoms with Gasteiger partial charge in [-0.25, -0.2) is 4.98 Å². The maximum absolute atomic E-state index is 5.99. The molecule has 5 nitrogen and oxygen atoms in total. The van der Waals surface area contributed by atoms with Crippen molar-refractivity contribution in [1.82, 2.24) is 14.5 Å². The minimum Gasteiger partial charge on any atom is -0.481 e. The van der Waals surface area contributed by atoms with E-state index < -0.39 is 0 Å². The summed E-state index contributed by atoms with van der Waals surface area (Å²) >= 11 is 1.71. The van der Waals surface area contributed by atoms with Gasteiger partial charge in [0.2, 0.25) is 11.8 Å². The molecule has 0 aliphatic rings. The second kappa shape index (κ2) is 4.55.